The Balaban J connectivity index is 2.47. The van der Waals surface area contributed by atoms with Crippen molar-refractivity contribution in [3.05, 3.63) is 11.8 Å². The number of hydrogen-bond acceptors (Lipinski definition) is 5. The van der Waals surface area contributed by atoms with Gasteiger partial charge >= 0.3 is 0 Å². The summed E-state index contributed by atoms with van der Waals surface area (Å²) < 4.78 is 1.75. The Morgan fingerprint density at radius 3 is 2.76 bits per heavy atom. The van der Waals surface area contributed by atoms with E-state index in [9.17, 15) is 0 Å². The van der Waals surface area contributed by atoms with E-state index in [-0.39, 0.29) is 0 Å². The molecule has 0 radical (unpaired) electrons. The van der Waals surface area contributed by atoms with Crippen molar-refractivity contribution >= 4 is 17.5 Å². The summed E-state index contributed by atoms with van der Waals surface area (Å²) in [7, 11) is 3.89. The smallest absolute Gasteiger partial charge is 0.243 e. The zero-order valence-electron chi connectivity index (χ0n) is 10.7. The molecule has 0 atom stereocenters. The van der Waals surface area contributed by atoms with Crippen LogP contribution in [0.2, 0.25) is 0 Å². The summed E-state index contributed by atoms with van der Waals surface area (Å²) in [4.78, 5) is 10.8. The Kier molecular flexibility index (Phi) is 3.12. The summed E-state index contributed by atoms with van der Waals surface area (Å²) in [6, 6.07) is 1.93. The second kappa shape index (κ2) is 4.57. The molecule has 0 amide bonds. The van der Waals surface area contributed by atoms with E-state index in [2.05, 4.69) is 27.3 Å². The quantitative estimate of drug-likeness (QED) is 0.864. The number of hydrogen-bond donors (Lipinski definition) is 1. The summed E-state index contributed by atoms with van der Waals surface area (Å²) >= 11 is 0. The molecule has 0 fully saturated rings. The highest BCUT2D eigenvalue weighted by molar-refractivity contribution is 5.50. The summed E-state index contributed by atoms with van der Waals surface area (Å²) in [6.07, 6.45) is 1.05. The third-order valence-corrected chi connectivity index (χ3v) is 2.37. The van der Waals surface area contributed by atoms with Crippen molar-refractivity contribution in [3.63, 3.8) is 0 Å². The predicted octanol–water partition coefficient (Wildman–Crippen LogP) is 1.32. The molecular weight excluding hydrogens is 216 g/mol. The maximum absolute atomic E-state index is 4.45. The first kappa shape index (κ1) is 11.6. The highest BCUT2D eigenvalue weighted by atomic mass is 15.4. The maximum Gasteiger partial charge on any atom is 0.243 e. The fourth-order valence-electron chi connectivity index (χ4n) is 1.59. The minimum Gasteiger partial charge on any atom is -0.353 e. The van der Waals surface area contributed by atoms with Gasteiger partial charge in [0.25, 0.3) is 0 Å². The van der Waals surface area contributed by atoms with Crippen molar-refractivity contribution in [3.8, 4) is 0 Å². The molecule has 0 unspecified atom stereocenters. The van der Waals surface area contributed by atoms with Crippen molar-refractivity contribution in [2.75, 3.05) is 30.9 Å². The van der Waals surface area contributed by atoms with Gasteiger partial charge in [0.1, 0.15) is 0 Å². The third kappa shape index (κ3) is 2.30. The Bertz CT molecular complexity index is 516. The van der Waals surface area contributed by atoms with E-state index >= 15 is 0 Å². The van der Waals surface area contributed by atoms with Crippen molar-refractivity contribution in [1.29, 1.82) is 0 Å². The molecule has 92 valence electrons. The largest absolute Gasteiger partial charge is 0.353 e. The standard InChI is InChI=1S/C11H18N6/c1-5-6-12-10-14-9-7-8(2)13-11(16(3)4)17(9)15-10/h7H,5-6H2,1-4H3,(H,12,15). The predicted molar refractivity (Wildman–Crippen MR) is 68.6 cm³/mol. The molecule has 0 saturated carbocycles. The minimum atomic E-state index is 0.655. The lowest BCUT2D eigenvalue weighted by Crippen LogP contribution is -2.16. The van der Waals surface area contributed by atoms with E-state index in [4.69, 9.17) is 0 Å². The number of nitrogens with one attached hydrogen (secondary N) is 1. The molecule has 6 heteroatoms. The molecule has 2 aromatic rings. The molecule has 0 aromatic carbocycles. The molecule has 2 aromatic heterocycles. The van der Waals surface area contributed by atoms with Crippen LogP contribution in [-0.4, -0.2) is 40.2 Å². The van der Waals surface area contributed by atoms with E-state index in [0.29, 0.717) is 5.95 Å². The topological polar surface area (TPSA) is 58.4 Å². The SMILES string of the molecule is CCCNc1nc2cc(C)nc(N(C)C)n2n1. The van der Waals surface area contributed by atoms with Gasteiger partial charge in [0.2, 0.25) is 11.9 Å². The monoisotopic (exact) mass is 234 g/mol. The van der Waals surface area contributed by atoms with Gasteiger partial charge in [-0.3, -0.25) is 0 Å². The molecule has 0 saturated heterocycles. The summed E-state index contributed by atoms with van der Waals surface area (Å²) in [5.74, 6) is 1.44. The first-order chi connectivity index (χ1) is 8.11. The van der Waals surface area contributed by atoms with Crippen molar-refractivity contribution in [2.45, 2.75) is 20.3 Å². The molecule has 2 rings (SSSR count). The zero-order valence-corrected chi connectivity index (χ0v) is 10.7. The molecule has 0 aliphatic carbocycles. The van der Waals surface area contributed by atoms with Gasteiger partial charge in [-0.25, -0.2) is 4.98 Å². The second-order valence-electron chi connectivity index (χ2n) is 4.22. The minimum absolute atomic E-state index is 0.655. The Morgan fingerprint density at radius 1 is 1.35 bits per heavy atom. The molecular formula is C11H18N6. The Labute approximate surface area is 101 Å². The summed E-state index contributed by atoms with van der Waals surface area (Å²) in [5, 5.41) is 7.58. The van der Waals surface area contributed by atoms with E-state index < -0.39 is 0 Å². The van der Waals surface area contributed by atoms with E-state index in [1.807, 2.05) is 32.0 Å². The van der Waals surface area contributed by atoms with Gasteiger partial charge in [-0.1, -0.05) is 6.92 Å². The van der Waals surface area contributed by atoms with Crippen LogP contribution in [0.3, 0.4) is 0 Å². The van der Waals surface area contributed by atoms with Crippen LogP contribution in [0.4, 0.5) is 11.9 Å². The lowest BCUT2D eigenvalue weighted by Gasteiger charge is -2.12. The first-order valence-electron chi connectivity index (χ1n) is 5.77. The maximum atomic E-state index is 4.45. The summed E-state index contributed by atoms with van der Waals surface area (Å²) in [5.41, 5.74) is 1.76. The van der Waals surface area contributed by atoms with Crippen LogP contribution in [0.5, 0.6) is 0 Å². The van der Waals surface area contributed by atoms with Crippen LogP contribution in [0.15, 0.2) is 6.07 Å². The Morgan fingerprint density at radius 2 is 2.12 bits per heavy atom. The van der Waals surface area contributed by atoms with Gasteiger partial charge in [-0.05, 0) is 13.3 Å². The van der Waals surface area contributed by atoms with Crippen molar-refractivity contribution < 1.29 is 0 Å². The van der Waals surface area contributed by atoms with E-state index in [0.717, 1.165) is 30.3 Å². The fraction of sp³-hybridized carbons (Fsp3) is 0.545. The highest BCUT2D eigenvalue weighted by Crippen LogP contribution is 2.14. The molecule has 6 nitrogen and oxygen atoms in total. The Hall–Kier alpha value is -1.85. The molecule has 2 heterocycles. The van der Waals surface area contributed by atoms with Crippen molar-refractivity contribution in [1.82, 2.24) is 19.6 Å². The lowest BCUT2D eigenvalue weighted by molar-refractivity contribution is 0.857. The van der Waals surface area contributed by atoms with Gasteiger partial charge < -0.3 is 10.2 Å². The first-order valence-corrected chi connectivity index (χ1v) is 5.77. The van der Waals surface area contributed by atoms with Gasteiger partial charge in [-0.15, -0.1) is 5.10 Å². The van der Waals surface area contributed by atoms with Gasteiger partial charge in [0, 0.05) is 32.4 Å². The van der Waals surface area contributed by atoms with Crippen molar-refractivity contribution in [2.24, 2.45) is 0 Å². The number of rotatable bonds is 4. The molecule has 0 bridgehead atoms. The van der Waals surface area contributed by atoms with E-state index in [1.54, 1.807) is 4.52 Å². The van der Waals surface area contributed by atoms with Crippen LogP contribution in [0, 0.1) is 6.92 Å². The van der Waals surface area contributed by atoms with Gasteiger partial charge in [0.15, 0.2) is 5.65 Å². The fourth-order valence-corrected chi connectivity index (χ4v) is 1.59. The third-order valence-electron chi connectivity index (χ3n) is 2.37. The number of aromatic nitrogens is 4. The van der Waals surface area contributed by atoms with Crippen LogP contribution in [0.1, 0.15) is 19.0 Å². The summed E-state index contributed by atoms with van der Waals surface area (Å²) in [6.45, 7) is 4.95. The van der Waals surface area contributed by atoms with Crippen LogP contribution < -0.4 is 10.2 Å². The number of nitrogens with zero attached hydrogens (tertiary/aromatic N) is 5. The zero-order chi connectivity index (χ0) is 12.4. The molecule has 0 spiro atoms. The van der Waals surface area contributed by atoms with Crippen LogP contribution >= 0.6 is 0 Å². The van der Waals surface area contributed by atoms with Gasteiger partial charge in [-0.2, -0.15) is 9.50 Å². The second-order valence-corrected chi connectivity index (χ2v) is 4.22. The van der Waals surface area contributed by atoms with Crippen LogP contribution in [-0.2, 0) is 0 Å². The average molecular weight is 234 g/mol. The number of aryl methyl sites for hydroxylation is 1. The van der Waals surface area contributed by atoms with Crippen LogP contribution in [0.25, 0.3) is 5.65 Å². The molecule has 0 aliphatic heterocycles. The lowest BCUT2D eigenvalue weighted by atomic mass is 10.4. The average Bonchev–Trinajstić information content (AvgIpc) is 2.67. The highest BCUT2D eigenvalue weighted by Gasteiger charge is 2.10. The number of anilines is 2. The molecule has 1 N–H and O–H groups in total. The molecule has 0 aliphatic rings. The van der Waals surface area contributed by atoms with E-state index in [1.165, 1.54) is 0 Å². The molecule has 17 heavy (non-hydrogen) atoms. The normalized spacial score (nSPS) is 10.8. The number of fused-ring (bicyclic) bond motifs is 1. The van der Waals surface area contributed by atoms with Gasteiger partial charge in [0.05, 0.1) is 0 Å².